The van der Waals surface area contributed by atoms with Crippen molar-refractivity contribution in [2.24, 2.45) is 5.18 Å². The van der Waals surface area contributed by atoms with Crippen molar-refractivity contribution in [3.05, 3.63) is 27.2 Å². The van der Waals surface area contributed by atoms with Crippen molar-refractivity contribution in [3.63, 3.8) is 0 Å². The molecule has 0 aromatic heterocycles. The van der Waals surface area contributed by atoms with Crippen LogP contribution in [-0.4, -0.2) is 22.4 Å². The second kappa shape index (κ2) is 5.42. The minimum atomic E-state index is -0.676. The SMILES string of the molecule is Nc1c([N+](=O)[O-])ccc(SCCO)c1N=O. The first kappa shape index (κ1) is 12.4. The van der Waals surface area contributed by atoms with Gasteiger partial charge in [0.25, 0.3) is 5.69 Å². The molecule has 0 fully saturated rings. The second-order valence-corrected chi connectivity index (χ2v) is 3.90. The summed E-state index contributed by atoms with van der Waals surface area (Å²) in [6, 6.07) is 2.61. The smallest absolute Gasteiger partial charge is 0.294 e. The van der Waals surface area contributed by atoms with E-state index in [2.05, 4.69) is 5.18 Å². The summed E-state index contributed by atoms with van der Waals surface area (Å²) in [5, 5.41) is 21.9. The lowest BCUT2D eigenvalue weighted by Gasteiger charge is -2.05. The number of nitrogens with two attached hydrogens (primary N) is 1. The summed E-state index contributed by atoms with van der Waals surface area (Å²) in [7, 11) is 0. The Morgan fingerprint density at radius 1 is 1.56 bits per heavy atom. The second-order valence-electron chi connectivity index (χ2n) is 2.77. The zero-order chi connectivity index (χ0) is 12.1. The number of nitrogens with zero attached hydrogens (tertiary/aromatic N) is 2. The van der Waals surface area contributed by atoms with Crippen LogP contribution in [0.5, 0.6) is 0 Å². The van der Waals surface area contributed by atoms with Crippen LogP contribution < -0.4 is 5.73 Å². The molecule has 1 rings (SSSR count). The molecule has 0 heterocycles. The van der Waals surface area contributed by atoms with Crippen LogP contribution in [0, 0.1) is 15.0 Å². The van der Waals surface area contributed by atoms with Crippen molar-refractivity contribution < 1.29 is 10.0 Å². The van der Waals surface area contributed by atoms with E-state index in [0.717, 1.165) is 11.8 Å². The number of nitroso groups, excluding NO2 is 1. The number of hydrogen-bond acceptors (Lipinski definition) is 7. The van der Waals surface area contributed by atoms with Gasteiger partial charge < -0.3 is 10.8 Å². The number of thioether (sulfide) groups is 1. The van der Waals surface area contributed by atoms with Crippen LogP contribution in [0.4, 0.5) is 17.1 Å². The van der Waals surface area contributed by atoms with Gasteiger partial charge in [-0.2, -0.15) is 0 Å². The fraction of sp³-hybridized carbons (Fsp3) is 0.250. The third-order valence-corrected chi connectivity index (χ3v) is 2.82. The van der Waals surface area contributed by atoms with Gasteiger partial charge in [0.05, 0.1) is 11.5 Å². The van der Waals surface area contributed by atoms with Gasteiger partial charge in [0.2, 0.25) is 0 Å². The molecule has 0 saturated heterocycles. The van der Waals surface area contributed by atoms with E-state index >= 15 is 0 Å². The van der Waals surface area contributed by atoms with Crippen LogP contribution in [0.2, 0.25) is 0 Å². The molecular formula is C8H9N3O4S. The first-order chi connectivity index (χ1) is 7.61. The summed E-state index contributed by atoms with van der Waals surface area (Å²) in [6.45, 7) is -0.0696. The molecule has 86 valence electrons. The summed E-state index contributed by atoms with van der Waals surface area (Å²) in [6.07, 6.45) is 0. The van der Waals surface area contributed by atoms with Gasteiger partial charge in [0.15, 0.2) is 5.69 Å². The van der Waals surface area contributed by atoms with Gasteiger partial charge in [0, 0.05) is 16.7 Å². The molecule has 8 heteroatoms. The van der Waals surface area contributed by atoms with Crippen LogP contribution in [0.15, 0.2) is 22.2 Å². The van der Waals surface area contributed by atoms with Crippen LogP contribution >= 0.6 is 11.8 Å². The molecular weight excluding hydrogens is 234 g/mol. The molecule has 0 saturated carbocycles. The molecule has 0 unspecified atom stereocenters. The van der Waals surface area contributed by atoms with E-state index in [9.17, 15) is 15.0 Å². The maximum atomic E-state index is 10.6. The molecule has 16 heavy (non-hydrogen) atoms. The van der Waals surface area contributed by atoms with Crippen molar-refractivity contribution in [1.82, 2.24) is 0 Å². The van der Waals surface area contributed by atoms with Gasteiger partial charge >= 0.3 is 0 Å². The molecule has 0 aliphatic heterocycles. The van der Waals surface area contributed by atoms with Crippen molar-refractivity contribution in [1.29, 1.82) is 0 Å². The molecule has 3 N–H and O–H groups in total. The fourth-order valence-electron chi connectivity index (χ4n) is 1.10. The molecule has 1 aromatic rings. The number of aliphatic hydroxyl groups excluding tert-OH is 1. The molecule has 0 radical (unpaired) electrons. The Hall–Kier alpha value is -1.67. The molecule has 1 aromatic carbocycles. The number of rotatable bonds is 5. The Balaban J connectivity index is 3.18. The number of nitro benzene ring substituents is 1. The van der Waals surface area contributed by atoms with Gasteiger partial charge in [-0.15, -0.1) is 16.7 Å². The van der Waals surface area contributed by atoms with E-state index in [-0.39, 0.29) is 23.7 Å². The summed E-state index contributed by atoms with van der Waals surface area (Å²) in [5.74, 6) is 0.361. The lowest BCUT2D eigenvalue weighted by atomic mass is 10.2. The Morgan fingerprint density at radius 2 is 2.25 bits per heavy atom. The van der Waals surface area contributed by atoms with Gasteiger partial charge in [-0.25, -0.2) is 0 Å². The predicted molar refractivity (Wildman–Crippen MR) is 60.8 cm³/mol. The van der Waals surface area contributed by atoms with E-state index < -0.39 is 4.92 Å². The summed E-state index contributed by atoms with van der Waals surface area (Å²) >= 11 is 1.16. The normalized spacial score (nSPS) is 10.1. The fourth-order valence-corrected chi connectivity index (χ4v) is 1.86. The quantitative estimate of drug-likeness (QED) is 0.267. The first-order valence-corrected chi connectivity index (χ1v) is 5.24. The van der Waals surface area contributed by atoms with Crippen molar-refractivity contribution in [3.8, 4) is 0 Å². The van der Waals surface area contributed by atoms with Crippen molar-refractivity contribution >= 4 is 28.8 Å². The highest BCUT2D eigenvalue weighted by Crippen LogP contribution is 2.39. The molecule has 7 nitrogen and oxygen atoms in total. The molecule has 0 bridgehead atoms. The van der Waals surface area contributed by atoms with E-state index in [0.29, 0.717) is 10.6 Å². The lowest BCUT2D eigenvalue weighted by molar-refractivity contribution is -0.383. The molecule has 0 amide bonds. The molecule has 0 aliphatic carbocycles. The lowest BCUT2D eigenvalue weighted by Crippen LogP contribution is -1.97. The predicted octanol–water partition coefficient (Wildman–Crippen LogP) is 1.66. The van der Waals surface area contributed by atoms with E-state index in [1.165, 1.54) is 12.1 Å². The largest absolute Gasteiger partial charge is 0.396 e. The van der Waals surface area contributed by atoms with Crippen LogP contribution in [0.3, 0.4) is 0 Å². The summed E-state index contributed by atoms with van der Waals surface area (Å²) < 4.78 is 0. The Bertz CT molecular complexity index is 424. The number of anilines is 1. The topological polar surface area (TPSA) is 119 Å². The minimum absolute atomic E-state index is 0.0696. The number of hydrogen-bond donors (Lipinski definition) is 2. The summed E-state index contributed by atoms with van der Waals surface area (Å²) in [4.78, 5) is 20.9. The molecule has 0 aliphatic rings. The van der Waals surface area contributed by atoms with E-state index in [1.54, 1.807) is 0 Å². The third kappa shape index (κ3) is 2.47. The zero-order valence-electron chi connectivity index (χ0n) is 8.12. The monoisotopic (exact) mass is 243 g/mol. The average Bonchev–Trinajstić information content (AvgIpc) is 2.25. The highest BCUT2D eigenvalue weighted by molar-refractivity contribution is 7.99. The standard InChI is InChI=1S/C8H9N3O4S/c9-7-5(11(14)15)1-2-6(8(7)10-13)16-4-3-12/h1-2,12H,3-4,9H2. The van der Waals surface area contributed by atoms with Crippen LogP contribution in [0.1, 0.15) is 0 Å². The Labute approximate surface area is 94.8 Å². The Morgan fingerprint density at radius 3 is 2.75 bits per heavy atom. The summed E-state index contributed by atoms with van der Waals surface area (Å²) in [5.41, 5.74) is 4.72. The number of nitro groups is 1. The van der Waals surface area contributed by atoms with E-state index in [4.69, 9.17) is 10.8 Å². The number of benzene rings is 1. The molecule has 0 atom stereocenters. The van der Waals surface area contributed by atoms with Gasteiger partial charge in [-0.1, -0.05) is 0 Å². The number of aliphatic hydroxyl groups is 1. The van der Waals surface area contributed by atoms with Gasteiger partial charge in [-0.05, 0) is 11.2 Å². The first-order valence-electron chi connectivity index (χ1n) is 4.25. The zero-order valence-corrected chi connectivity index (χ0v) is 8.94. The van der Waals surface area contributed by atoms with Crippen molar-refractivity contribution in [2.75, 3.05) is 18.1 Å². The Kier molecular flexibility index (Phi) is 4.20. The number of nitrogen functional groups attached to an aromatic ring is 1. The maximum absolute atomic E-state index is 10.6. The highest BCUT2D eigenvalue weighted by Gasteiger charge is 2.19. The molecule has 0 spiro atoms. The van der Waals surface area contributed by atoms with Crippen molar-refractivity contribution in [2.45, 2.75) is 4.90 Å². The van der Waals surface area contributed by atoms with Crippen LogP contribution in [-0.2, 0) is 0 Å². The third-order valence-electron chi connectivity index (χ3n) is 1.79. The average molecular weight is 243 g/mol. The van der Waals surface area contributed by atoms with Crippen LogP contribution in [0.25, 0.3) is 0 Å². The highest BCUT2D eigenvalue weighted by atomic mass is 32.2. The van der Waals surface area contributed by atoms with E-state index in [1.807, 2.05) is 0 Å². The van der Waals surface area contributed by atoms with Gasteiger partial charge in [0.1, 0.15) is 5.69 Å². The maximum Gasteiger partial charge on any atom is 0.294 e. The minimum Gasteiger partial charge on any atom is -0.396 e. The van der Waals surface area contributed by atoms with Gasteiger partial charge in [-0.3, -0.25) is 10.1 Å².